The third-order valence-corrected chi connectivity index (χ3v) is 5.12. The predicted molar refractivity (Wildman–Crippen MR) is 81.4 cm³/mol. The van der Waals surface area contributed by atoms with E-state index >= 15 is 0 Å². The Morgan fingerprint density at radius 1 is 1.45 bits per heavy atom. The minimum atomic E-state index is 0.638. The highest BCUT2D eigenvalue weighted by atomic mass is 15.3. The van der Waals surface area contributed by atoms with Crippen molar-refractivity contribution in [1.82, 2.24) is 20.0 Å². The van der Waals surface area contributed by atoms with Crippen molar-refractivity contribution in [2.45, 2.75) is 51.7 Å². The standard InChI is InChI=1S/C16H28N4/c1-4-12(2)15-11-20(10-14-7-8-19(3)18-14)16(9-17-15)13-5-6-13/h7-8,12-13,15-17H,4-6,9-11H2,1-3H3. The van der Waals surface area contributed by atoms with Gasteiger partial charge < -0.3 is 5.32 Å². The minimum Gasteiger partial charge on any atom is -0.311 e. The Labute approximate surface area is 122 Å². The second kappa shape index (κ2) is 5.86. The summed E-state index contributed by atoms with van der Waals surface area (Å²) < 4.78 is 1.91. The smallest absolute Gasteiger partial charge is 0.0764 e. The number of nitrogens with zero attached hydrogens (tertiary/aromatic N) is 3. The number of hydrogen-bond donors (Lipinski definition) is 1. The second-order valence-electron chi connectivity index (χ2n) is 6.72. The van der Waals surface area contributed by atoms with Gasteiger partial charge in [0.2, 0.25) is 0 Å². The average Bonchev–Trinajstić information content (AvgIpc) is 3.21. The van der Waals surface area contributed by atoms with Crippen LogP contribution in [0.2, 0.25) is 0 Å². The molecule has 0 amide bonds. The van der Waals surface area contributed by atoms with Crippen LogP contribution in [0.4, 0.5) is 0 Å². The van der Waals surface area contributed by atoms with Crippen LogP contribution in [0, 0.1) is 11.8 Å². The molecule has 0 bridgehead atoms. The molecule has 4 nitrogen and oxygen atoms in total. The molecule has 0 aromatic carbocycles. The van der Waals surface area contributed by atoms with Gasteiger partial charge in [-0.15, -0.1) is 0 Å². The first-order chi connectivity index (χ1) is 9.67. The lowest BCUT2D eigenvalue weighted by molar-refractivity contribution is 0.0877. The number of nitrogens with one attached hydrogen (secondary N) is 1. The van der Waals surface area contributed by atoms with Crippen molar-refractivity contribution in [1.29, 1.82) is 0 Å². The molecule has 1 aliphatic heterocycles. The Bertz CT molecular complexity index is 437. The summed E-state index contributed by atoms with van der Waals surface area (Å²) in [7, 11) is 2.00. The van der Waals surface area contributed by atoms with Gasteiger partial charge in [-0.2, -0.15) is 5.10 Å². The van der Waals surface area contributed by atoms with Gasteiger partial charge in [-0.25, -0.2) is 0 Å². The van der Waals surface area contributed by atoms with Crippen molar-refractivity contribution in [3.63, 3.8) is 0 Å². The zero-order valence-corrected chi connectivity index (χ0v) is 13.0. The first kappa shape index (κ1) is 14.1. The molecular weight excluding hydrogens is 248 g/mol. The predicted octanol–water partition coefficient (Wildman–Crippen LogP) is 2.02. The third kappa shape index (κ3) is 3.07. The molecule has 3 atom stereocenters. The quantitative estimate of drug-likeness (QED) is 0.893. The molecule has 1 saturated heterocycles. The zero-order chi connectivity index (χ0) is 14.1. The van der Waals surface area contributed by atoms with Crippen LogP contribution in [0.3, 0.4) is 0 Å². The molecule has 20 heavy (non-hydrogen) atoms. The number of aromatic nitrogens is 2. The lowest BCUT2D eigenvalue weighted by Crippen LogP contribution is -2.58. The highest BCUT2D eigenvalue weighted by molar-refractivity contribution is 5.03. The van der Waals surface area contributed by atoms with Crippen molar-refractivity contribution in [2.24, 2.45) is 18.9 Å². The van der Waals surface area contributed by atoms with E-state index in [0.717, 1.165) is 31.0 Å². The summed E-state index contributed by atoms with van der Waals surface area (Å²) in [6.45, 7) is 8.01. The first-order valence-electron chi connectivity index (χ1n) is 8.13. The normalized spacial score (nSPS) is 29.6. The molecular formula is C16H28N4. The van der Waals surface area contributed by atoms with Crippen LogP contribution in [-0.4, -0.2) is 39.9 Å². The van der Waals surface area contributed by atoms with E-state index in [-0.39, 0.29) is 0 Å². The molecule has 1 saturated carbocycles. The minimum absolute atomic E-state index is 0.638. The zero-order valence-electron chi connectivity index (χ0n) is 13.0. The van der Waals surface area contributed by atoms with Crippen LogP contribution in [-0.2, 0) is 13.6 Å². The summed E-state index contributed by atoms with van der Waals surface area (Å²) in [6, 6.07) is 3.51. The first-order valence-corrected chi connectivity index (χ1v) is 8.13. The van der Waals surface area contributed by atoms with Crippen molar-refractivity contribution >= 4 is 0 Å². The van der Waals surface area contributed by atoms with Crippen LogP contribution in [0.25, 0.3) is 0 Å². The lowest BCUT2D eigenvalue weighted by Gasteiger charge is -2.42. The van der Waals surface area contributed by atoms with Gasteiger partial charge >= 0.3 is 0 Å². The molecule has 2 heterocycles. The van der Waals surface area contributed by atoms with Gasteiger partial charge in [0.05, 0.1) is 5.69 Å². The van der Waals surface area contributed by atoms with E-state index in [2.05, 4.69) is 41.4 Å². The maximum Gasteiger partial charge on any atom is 0.0764 e. The molecule has 1 aromatic heterocycles. The highest BCUT2D eigenvalue weighted by Gasteiger charge is 2.39. The number of piperazine rings is 1. The van der Waals surface area contributed by atoms with Crippen LogP contribution < -0.4 is 5.32 Å². The maximum absolute atomic E-state index is 4.56. The Balaban J connectivity index is 1.68. The van der Waals surface area contributed by atoms with Gasteiger partial charge in [-0.3, -0.25) is 9.58 Å². The van der Waals surface area contributed by atoms with Crippen molar-refractivity contribution in [2.75, 3.05) is 13.1 Å². The molecule has 2 fully saturated rings. The average molecular weight is 276 g/mol. The largest absolute Gasteiger partial charge is 0.311 e. The Hall–Kier alpha value is -0.870. The fraction of sp³-hybridized carbons (Fsp3) is 0.812. The summed E-state index contributed by atoms with van der Waals surface area (Å²) in [5, 5.41) is 8.36. The molecule has 0 spiro atoms. The van der Waals surface area contributed by atoms with Gasteiger partial charge in [0.25, 0.3) is 0 Å². The van der Waals surface area contributed by atoms with E-state index in [1.54, 1.807) is 0 Å². The maximum atomic E-state index is 4.56. The summed E-state index contributed by atoms with van der Waals surface area (Å²) >= 11 is 0. The van der Waals surface area contributed by atoms with Crippen molar-refractivity contribution < 1.29 is 0 Å². The van der Waals surface area contributed by atoms with Crippen LogP contribution >= 0.6 is 0 Å². The van der Waals surface area contributed by atoms with Crippen LogP contribution in [0.1, 0.15) is 38.8 Å². The molecule has 1 aliphatic carbocycles. The molecule has 2 aliphatic rings. The number of hydrogen-bond acceptors (Lipinski definition) is 3. The van der Waals surface area contributed by atoms with Crippen LogP contribution in [0.15, 0.2) is 12.3 Å². The molecule has 4 heteroatoms. The lowest BCUT2D eigenvalue weighted by atomic mass is 9.94. The highest BCUT2D eigenvalue weighted by Crippen LogP contribution is 2.37. The van der Waals surface area contributed by atoms with Gasteiger partial charge in [0.1, 0.15) is 0 Å². The monoisotopic (exact) mass is 276 g/mol. The Morgan fingerprint density at radius 2 is 2.25 bits per heavy atom. The topological polar surface area (TPSA) is 33.1 Å². The van der Waals surface area contributed by atoms with E-state index < -0.39 is 0 Å². The van der Waals surface area contributed by atoms with E-state index in [1.807, 2.05) is 11.7 Å². The molecule has 1 N–H and O–H groups in total. The summed E-state index contributed by atoms with van der Waals surface area (Å²) in [5.74, 6) is 1.67. The summed E-state index contributed by atoms with van der Waals surface area (Å²) in [6.07, 6.45) is 6.14. The fourth-order valence-electron chi connectivity index (χ4n) is 3.40. The number of rotatable bonds is 5. The van der Waals surface area contributed by atoms with E-state index in [1.165, 1.54) is 31.5 Å². The van der Waals surface area contributed by atoms with Gasteiger partial charge in [-0.05, 0) is 30.7 Å². The molecule has 1 aromatic rings. The third-order valence-electron chi connectivity index (χ3n) is 5.12. The summed E-state index contributed by atoms with van der Waals surface area (Å²) in [5.41, 5.74) is 1.21. The molecule has 3 unspecified atom stereocenters. The Kier molecular flexibility index (Phi) is 4.13. The van der Waals surface area contributed by atoms with E-state index in [9.17, 15) is 0 Å². The fourth-order valence-corrected chi connectivity index (χ4v) is 3.40. The van der Waals surface area contributed by atoms with Crippen LogP contribution in [0.5, 0.6) is 0 Å². The second-order valence-corrected chi connectivity index (χ2v) is 6.72. The van der Waals surface area contributed by atoms with Crippen molar-refractivity contribution in [3.05, 3.63) is 18.0 Å². The molecule has 0 radical (unpaired) electrons. The van der Waals surface area contributed by atoms with Gasteiger partial charge in [0.15, 0.2) is 0 Å². The van der Waals surface area contributed by atoms with Gasteiger partial charge in [0, 0.05) is 45.0 Å². The van der Waals surface area contributed by atoms with E-state index in [0.29, 0.717) is 6.04 Å². The molecule has 3 rings (SSSR count). The summed E-state index contributed by atoms with van der Waals surface area (Å²) in [4.78, 5) is 2.69. The number of aryl methyl sites for hydroxylation is 1. The SMILES string of the molecule is CCC(C)C1CN(Cc2ccn(C)n2)C(C2CC2)CN1. The Morgan fingerprint density at radius 3 is 2.85 bits per heavy atom. The van der Waals surface area contributed by atoms with Crippen molar-refractivity contribution in [3.8, 4) is 0 Å². The van der Waals surface area contributed by atoms with Gasteiger partial charge in [-0.1, -0.05) is 20.3 Å². The van der Waals surface area contributed by atoms with E-state index in [4.69, 9.17) is 0 Å². The molecule has 112 valence electrons.